The second kappa shape index (κ2) is 7.00. The zero-order valence-electron chi connectivity index (χ0n) is 11.5. The van der Waals surface area contributed by atoms with E-state index in [0.29, 0.717) is 6.04 Å². The van der Waals surface area contributed by atoms with Crippen LogP contribution in [0.3, 0.4) is 0 Å². The Hall–Kier alpha value is -1.19. The molecular weight excluding hydrogens is 338 g/mol. The average Bonchev–Trinajstić information content (AvgIpc) is 2.43. The number of methoxy groups -OCH3 is 1. The van der Waals surface area contributed by atoms with Crippen molar-refractivity contribution >= 4 is 33.2 Å². The lowest BCUT2D eigenvalue weighted by Gasteiger charge is -2.16. The Bertz CT molecular complexity index is 571. The molecule has 2 aromatic rings. The van der Waals surface area contributed by atoms with Crippen molar-refractivity contribution in [2.24, 2.45) is 0 Å². The van der Waals surface area contributed by atoms with Gasteiger partial charge < -0.3 is 10.1 Å². The minimum Gasteiger partial charge on any atom is -0.497 e. The van der Waals surface area contributed by atoms with Crippen LogP contribution in [-0.4, -0.2) is 13.2 Å². The summed E-state index contributed by atoms with van der Waals surface area (Å²) in [6.45, 7) is 2.14. The van der Waals surface area contributed by atoms with Gasteiger partial charge in [0.1, 0.15) is 5.75 Å². The van der Waals surface area contributed by atoms with Crippen LogP contribution >= 0.6 is 27.5 Å². The minimum absolute atomic E-state index is 0.294. The molecule has 0 saturated carbocycles. The van der Waals surface area contributed by atoms with Crippen molar-refractivity contribution in [1.29, 1.82) is 0 Å². The molecular formula is C16H17BrClNO. The van der Waals surface area contributed by atoms with E-state index in [1.165, 1.54) is 5.56 Å². The van der Waals surface area contributed by atoms with Crippen molar-refractivity contribution in [1.82, 2.24) is 0 Å². The first-order valence-electron chi connectivity index (χ1n) is 6.43. The number of benzene rings is 2. The van der Waals surface area contributed by atoms with E-state index in [9.17, 15) is 0 Å². The molecule has 0 aliphatic rings. The molecule has 1 N–H and O–H groups in total. The summed E-state index contributed by atoms with van der Waals surface area (Å²) in [5.41, 5.74) is 2.22. The lowest BCUT2D eigenvalue weighted by atomic mass is 10.1. The second-order valence-corrected chi connectivity index (χ2v) is 6.04. The van der Waals surface area contributed by atoms with Gasteiger partial charge in [-0.1, -0.05) is 39.7 Å². The van der Waals surface area contributed by atoms with Crippen LogP contribution in [0.2, 0.25) is 5.02 Å². The first-order chi connectivity index (χ1) is 9.58. The lowest BCUT2D eigenvalue weighted by molar-refractivity contribution is 0.414. The van der Waals surface area contributed by atoms with Crippen molar-refractivity contribution in [2.45, 2.75) is 19.4 Å². The molecule has 106 valence electrons. The van der Waals surface area contributed by atoms with Crippen molar-refractivity contribution < 1.29 is 4.74 Å². The fourth-order valence-electron chi connectivity index (χ4n) is 2.04. The molecule has 0 heterocycles. The average molecular weight is 355 g/mol. The maximum Gasteiger partial charge on any atom is 0.118 e. The van der Waals surface area contributed by atoms with Gasteiger partial charge in [-0.2, -0.15) is 0 Å². The first kappa shape index (κ1) is 15.2. The molecule has 1 atom stereocenters. The SMILES string of the molecule is COc1ccc(CC(C)Nc2ccc(Br)cc2Cl)cc1. The van der Waals surface area contributed by atoms with Gasteiger partial charge in [-0.05, 0) is 49.2 Å². The summed E-state index contributed by atoms with van der Waals surface area (Å²) in [6.07, 6.45) is 0.927. The number of rotatable bonds is 5. The third-order valence-electron chi connectivity index (χ3n) is 3.03. The molecule has 0 aliphatic carbocycles. The summed E-state index contributed by atoms with van der Waals surface area (Å²) >= 11 is 9.61. The zero-order valence-corrected chi connectivity index (χ0v) is 13.8. The van der Waals surface area contributed by atoms with E-state index in [1.807, 2.05) is 30.3 Å². The third-order valence-corrected chi connectivity index (χ3v) is 3.84. The number of halogens is 2. The van der Waals surface area contributed by atoms with Crippen LogP contribution < -0.4 is 10.1 Å². The number of anilines is 1. The molecule has 0 bridgehead atoms. The molecule has 0 spiro atoms. The highest BCUT2D eigenvalue weighted by Crippen LogP contribution is 2.26. The molecule has 0 aromatic heterocycles. The second-order valence-electron chi connectivity index (χ2n) is 4.72. The number of hydrogen-bond acceptors (Lipinski definition) is 2. The van der Waals surface area contributed by atoms with Gasteiger partial charge in [-0.15, -0.1) is 0 Å². The normalized spacial score (nSPS) is 12.0. The zero-order chi connectivity index (χ0) is 14.5. The van der Waals surface area contributed by atoms with Crippen molar-refractivity contribution in [3.8, 4) is 5.75 Å². The van der Waals surface area contributed by atoms with Crippen LogP contribution in [0.15, 0.2) is 46.9 Å². The molecule has 0 aliphatic heterocycles. The van der Waals surface area contributed by atoms with Gasteiger partial charge in [-0.3, -0.25) is 0 Å². The molecule has 0 saturated heterocycles. The largest absolute Gasteiger partial charge is 0.497 e. The Morgan fingerprint density at radius 3 is 2.50 bits per heavy atom. The highest BCUT2D eigenvalue weighted by molar-refractivity contribution is 9.10. The van der Waals surface area contributed by atoms with Gasteiger partial charge in [0.15, 0.2) is 0 Å². The Morgan fingerprint density at radius 2 is 1.90 bits per heavy atom. The molecule has 2 aromatic carbocycles. The number of hydrogen-bond donors (Lipinski definition) is 1. The summed E-state index contributed by atoms with van der Waals surface area (Å²) < 4.78 is 6.14. The molecule has 2 nitrogen and oxygen atoms in total. The lowest BCUT2D eigenvalue weighted by Crippen LogP contribution is -2.18. The quantitative estimate of drug-likeness (QED) is 0.801. The fourth-order valence-corrected chi connectivity index (χ4v) is 2.77. The first-order valence-corrected chi connectivity index (χ1v) is 7.60. The van der Waals surface area contributed by atoms with Crippen molar-refractivity contribution in [2.75, 3.05) is 12.4 Å². The Balaban J connectivity index is 1.99. The predicted molar refractivity (Wildman–Crippen MR) is 88.9 cm³/mol. The van der Waals surface area contributed by atoms with E-state index in [1.54, 1.807) is 7.11 Å². The Labute approximate surface area is 133 Å². The van der Waals surface area contributed by atoms with E-state index in [-0.39, 0.29) is 0 Å². The standard InChI is InChI=1S/C16H17BrClNO/c1-11(9-12-3-6-14(20-2)7-4-12)19-16-8-5-13(17)10-15(16)18/h3-8,10-11,19H,9H2,1-2H3. The van der Waals surface area contributed by atoms with Gasteiger partial charge in [0.25, 0.3) is 0 Å². The van der Waals surface area contributed by atoms with E-state index in [2.05, 4.69) is 40.3 Å². The summed E-state index contributed by atoms with van der Waals surface area (Å²) in [5.74, 6) is 0.880. The summed E-state index contributed by atoms with van der Waals surface area (Å²) in [5, 5.41) is 4.15. The van der Waals surface area contributed by atoms with Crippen LogP contribution in [0.1, 0.15) is 12.5 Å². The summed E-state index contributed by atoms with van der Waals surface area (Å²) in [6, 6.07) is 14.3. The van der Waals surface area contributed by atoms with E-state index in [4.69, 9.17) is 16.3 Å². The van der Waals surface area contributed by atoms with E-state index < -0.39 is 0 Å². The molecule has 4 heteroatoms. The van der Waals surface area contributed by atoms with Crippen molar-refractivity contribution in [3.63, 3.8) is 0 Å². The maximum absolute atomic E-state index is 6.21. The van der Waals surface area contributed by atoms with Gasteiger partial charge in [0.2, 0.25) is 0 Å². The summed E-state index contributed by atoms with van der Waals surface area (Å²) in [7, 11) is 1.68. The molecule has 20 heavy (non-hydrogen) atoms. The van der Waals surface area contributed by atoms with Gasteiger partial charge in [0.05, 0.1) is 17.8 Å². The van der Waals surface area contributed by atoms with Crippen LogP contribution in [0.5, 0.6) is 5.75 Å². The van der Waals surface area contributed by atoms with Crippen molar-refractivity contribution in [3.05, 3.63) is 57.5 Å². The Kier molecular flexibility index (Phi) is 5.32. The monoisotopic (exact) mass is 353 g/mol. The highest BCUT2D eigenvalue weighted by Gasteiger charge is 2.07. The topological polar surface area (TPSA) is 21.3 Å². The van der Waals surface area contributed by atoms with Crippen LogP contribution in [-0.2, 0) is 6.42 Å². The third kappa shape index (κ3) is 4.15. The van der Waals surface area contributed by atoms with Crippen LogP contribution in [0.25, 0.3) is 0 Å². The van der Waals surface area contributed by atoms with Crippen LogP contribution in [0, 0.1) is 0 Å². The fraction of sp³-hybridized carbons (Fsp3) is 0.250. The number of nitrogens with one attached hydrogen (secondary N) is 1. The molecule has 1 unspecified atom stereocenters. The van der Waals surface area contributed by atoms with E-state index in [0.717, 1.165) is 27.4 Å². The summed E-state index contributed by atoms with van der Waals surface area (Å²) in [4.78, 5) is 0. The highest BCUT2D eigenvalue weighted by atomic mass is 79.9. The van der Waals surface area contributed by atoms with E-state index >= 15 is 0 Å². The minimum atomic E-state index is 0.294. The maximum atomic E-state index is 6.21. The number of ether oxygens (including phenoxy) is 1. The predicted octanol–water partition coefficient (Wildman–Crippen LogP) is 5.15. The van der Waals surface area contributed by atoms with Gasteiger partial charge in [-0.25, -0.2) is 0 Å². The molecule has 0 fully saturated rings. The molecule has 0 amide bonds. The smallest absolute Gasteiger partial charge is 0.118 e. The molecule has 0 radical (unpaired) electrons. The van der Waals surface area contributed by atoms with Gasteiger partial charge >= 0.3 is 0 Å². The van der Waals surface area contributed by atoms with Gasteiger partial charge in [0, 0.05) is 10.5 Å². The molecule has 2 rings (SSSR count). The van der Waals surface area contributed by atoms with Crippen LogP contribution in [0.4, 0.5) is 5.69 Å². The Morgan fingerprint density at radius 1 is 1.20 bits per heavy atom.